The molecule has 1 aromatic rings. The monoisotopic (exact) mass is 293 g/mol. The summed E-state index contributed by atoms with van der Waals surface area (Å²) < 4.78 is 0.925. The lowest BCUT2D eigenvalue weighted by atomic mass is 9.85. The van der Waals surface area contributed by atoms with Gasteiger partial charge in [0.15, 0.2) is 5.78 Å². The van der Waals surface area contributed by atoms with Gasteiger partial charge >= 0.3 is 0 Å². The highest BCUT2D eigenvalue weighted by Crippen LogP contribution is 2.49. The van der Waals surface area contributed by atoms with E-state index in [1.54, 1.807) is 6.20 Å². The molecular weight excluding hydrogens is 278 g/mol. The minimum Gasteiger partial charge on any atom is -0.292 e. The van der Waals surface area contributed by atoms with Gasteiger partial charge in [0.25, 0.3) is 0 Å². The molecule has 2 aliphatic carbocycles. The Labute approximate surface area is 110 Å². The first-order chi connectivity index (χ1) is 8.22. The van der Waals surface area contributed by atoms with E-state index < -0.39 is 0 Å². The van der Waals surface area contributed by atoms with Gasteiger partial charge in [-0.3, -0.25) is 9.78 Å². The number of Topliss-reactive ketones (excluding diaryl/α,β-unsaturated/α-hetero) is 1. The predicted octanol–water partition coefficient (Wildman–Crippen LogP) is 3.85. The highest BCUT2D eigenvalue weighted by atomic mass is 79.9. The van der Waals surface area contributed by atoms with Crippen molar-refractivity contribution in [3.05, 3.63) is 28.5 Å². The fourth-order valence-corrected chi connectivity index (χ4v) is 3.74. The number of carbonyl (C=O) groups is 1. The van der Waals surface area contributed by atoms with E-state index in [0.717, 1.165) is 16.3 Å². The Morgan fingerprint density at radius 1 is 1.35 bits per heavy atom. The molecule has 0 saturated heterocycles. The van der Waals surface area contributed by atoms with Crippen LogP contribution in [-0.4, -0.2) is 10.8 Å². The number of ketones is 1. The fourth-order valence-electron chi connectivity index (χ4n) is 3.51. The van der Waals surface area contributed by atoms with Gasteiger partial charge in [-0.05, 0) is 65.1 Å². The smallest absolute Gasteiger partial charge is 0.181 e. The number of hydrogen-bond acceptors (Lipinski definition) is 2. The van der Waals surface area contributed by atoms with Gasteiger partial charge in [-0.1, -0.05) is 6.42 Å². The van der Waals surface area contributed by atoms with Crippen molar-refractivity contribution < 1.29 is 4.79 Å². The Hall–Kier alpha value is -0.700. The van der Waals surface area contributed by atoms with Crippen molar-refractivity contribution in [3.63, 3.8) is 0 Å². The number of fused-ring (bicyclic) bond motifs is 2. The molecule has 2 saturated carbocycles. The molecule has 0 amide bonds. The van der Waals surface area contributed by atoms with Gasteiger partial charge in [-0.2, -0.15) is 0 Å². The number of aromatic nitrogens is 1. The van der Waals surface area contributed by atoms with Crippen molar-refractivity contribution in [3.8, 4) is 0 Å². The highest BCUT2D eigenvalue weighted by Gasteiger charge is 2.40. The number of hydrogen-bond donors (Lipinski definition) is 0. The van der Waals surface area contributed by atoms with Crippen LogP contribution in [0.2, 0.25) is 0 Å². The van der Waals surface area contributed by atoms with Gasteiger partial charge in [0.05, 0.1) is 0 Å². The number of halogens is 1. The van der Waals surface area contributed by atoms with Crippen LogP contribution in [-0.2, 0) is 0 Å². The number of pyridine rings is 1. The van der Waals surface area contributed by atoms with Crippen LogP contribution in [0.5, 0.6) is 0 Å². The van der Waals surface area contributed by atoms with Crippen LogP contribution < -0.4 is 0 Å². The summed E-state index contributed by atoms with van der Waals surface area (Å²) in [7, 11) is 0. The fraction of sp³-hybridized carbons (Fsp3) is 0.571. The maximum atomic E-state index is 12.1. The zero-order valence-corrected chi connectivity index (χ0v) is 11.3. The quantitative estimate of drug-likeness (QED) is 0.792. The van der Waals surface area contributed by atoms with E-state index in [4.69, 9.17) is 0 Å². The molecular formula is C14H16BrNO. The van der Waals surface area contributed by atoms with Gasteiger partial charge in [-0.15, -0.1) is 0 Å². The Kier molecular flexibility index (Phi) is 3.03. The summed E-state index contributed by atoms with van der Waals surface area (Å²) in [6.07, 6.45) is 7.78. The average Bonchev–Trinajstić information content (AvgIpc) is 2.91. The third-order valence-corrected chi connectivity index (χ3v) is 4.81. The van der Waals surface area contributed by atoms with Crippen molar-refractivity contribution in [2.24, 2.45) is 17.8 Å². The van der Waals surface area contributed by atoms with Crippen molar-refractivity contribution in [1.29, 1.82) is 0 Å². The van der Waals surface area contributed by atoms with Crippen molar-refractivity contribution in [2.75, 3.05) is 0 Å². The second-order valence-corrected chi connectivity index (χ2v) is 6.34. The Morgan fingerprint density at radius 3 is 2.82 bits per heavy atom. The molecule has 3 rings (SSSR count). The SMILES string of the molecule is O=C(CC1CC2CCC1C2)c1ccc(Br)cn1. The zero-order chi connectivity index (χ0) is 11.8. The van der Waals surface area contributed by atoms with Crippen LogP contribution in [0.1, 0.15) is 42.6 Å². The topological polar surface area (TPSA) is 30.0 Å². The first-order valence-corrected chi connectivity index (χ1v) is 7.16. The molecule has 0 radical (unpaired) electrons. The number of rotatable bonds is 3. The predicted molar refractivity (Wildman–Crippen MR) is 69.8 cm³/mol. The third kappa shape index (κ3) is 2.30. The van der Waals surface area contributed by atoms with E-state index in [1.165, 1.54) is 25.7 Å². The second-order valence-electron chi connectivity index (χ2n) is 5.42. The number of carbonyl (C=O) groups excluding carboxylic acids is 1. The average molecular weight is 294 g/mol. The summed E-state index contributed by atoms with van der Waals surface area (Å²) in [6.45, 7) is 0. The molecule has 0 aliphatic heterocycles. The molecule has 2 bridgehead atoms. The molecule has 2 nitrogen and oxygen atoms in total. The molecule has 2 fully saturated rings. The lowest BCUT2D eigenvalue weighted by Gasteiger charge is -2.20. The Balaban J connectivity index is 1.65. The van der Waals surface area contributed by atoms with Gasteiger partial charge in [0, 0.05) is 17.1 Å². The van der Waals surface area contributed by atoms with Crippen LogP contribution in [0, 0.1) is 17.8 Å². The summed E-state index contributed by atoms with van der Waals surface area (Å²) in [5.41, 5.74) is 0.621. The highest BCUT2D eigenvalue weighted by molar-refractivity contribution is 9.10. The lowest BCUT2D eigenvalue weighted by molar-refractivity contribution is 0.0939. The normalized spacial score (nSPS) is 30.8. The summed E-state index contributed by atoms with van der Waals surface area (Å²) in [5.74, 6) is 2.58. The molecule has 2 aliphatic rings. The largest absolute Gasteiger partial charge is 0.292 e. The minimum absolute atomic E-state index is 0.218. The van der Waals surface area contributed by atoms with Gasteiger partial charge in [-0.25, -0.2) is 0 Å². The van der Waals surface area contributed by atoms with Crippen LogP contribution >= 0.6 is 15.9 Å². The maximum Gasteiger partial charge on any atom is 0.181 e. The summed E-state index contributed by atoms with van der Waals surface area (Å²) >= 11 is 3.34. The molecule has 1 aromatic heterocycles. The van der Waals surface area contributed by atoms with E-state index >= 15 is 0 Å². The maximum absolute atomic E-state index is 12.1. The van der Waals surface area contributed by atoms with Crippen molar-refractivity contribution in [1.82, 2.24) is 4.98 Å². The van der Waals surface area contributed by atoms with E-state index in [2.05, 4.69) is 20.9 Å². The van der Waals surface area contributed by atoms with Crippen molar-refractivity contribution in [2.45, 2.75) is 32.1 Å². The van der Waals surface area contributed by atoms with Crippen LogP contribution in [0.3, 0.4) is 0 Å². The molecule has 3 atom stereocenters. The molecule has 17 heavy (non-hydrogen) atoms. The standard InChI is InChI=1S/C14H16BrNO/c15-12-3-4-13(16-8-12)14(17)7-11-6-9-1-2-10(11)5-9/h3-4,8-11H,1-2,5-7H2. The van der Waals surface area contributed by atoms with Crippen LogP contribution in [0.4, 0.5) is 0 Å². The summed E-state index contributed by atoms with van der Waals surface area (Å²) in [4.78, 5) is 16.3. The second kappa shape index (κ2) is 4.52. The first kappa shape index (κ1) is 11.4. The molecule has 3 heteroatoms. The molecule has 0 aromatic carbocycles. The Bertz CT molecular complexity index is 428. The number of nitrogens with zero attached hydrogens (tertiary/aromatic N) is 1. The van der Waals surface area contributed by atoms with E-state index in [-0.39, 0.29) is 5.78 Å². The van der Waals surface area contributed by atoms with E-state index in [0.29, 0.717) is 18.0 Å². The third-order valence-electron chi connectivity index (χ3n) is 4.35. The van der Waals surface area contributed by atoms with Crippen LogP contribution in [0.25, 0.3) is 0 Å². The first-order valence-electron chi connectivity index (χ1n) is 6.37. The van der Waals surface area contributed by atoms with E-state index in [9.17, 15) is 4.79 Å². The molecule has 0 spiro atoms. The van der Waals surface area contributed by atoms with Gasteiger partial charge in [0.2, 0.25) is 0 Å². The Morgan fingerprint density at radius 2 is 2.24 bits per heavy atom. The molecule has 3 unspecified atom stereocenters. The van der Waals surface area contributed by atoms with E-state index in [1.807, 2.05) is 12.1 Å². The molecule has 0 N–H and O–H groups in total. The van der Waals surface area contributed by atoms with Gasteiger partial charge < -0.3 is 0 Å². The zero-order valence-electron chi connectivity index (χ0n) is 9.73. The molecule has 90 valence electrons. The van der Waals surface area contributed by atoms with Gasteiger partial charge in [0.1, 0.15) is 5.69 Å². The van der Waals surface area contributed by atoms with Crippen LogP contribution in [0.15, 0.2) is 22.8 Å². The summed E-state index contributed by atoms with van der Waals surface area (Å²) in [6, 6.07) is 3.71. The summed E-state index contributed by atoms with van der Waals surface area (Å²) in [5, 5.41) is 0. The molecule has 1 heterocycles. The minimum atomic E-state index is 0.218. The lowest BCUT2D eigenvalue weighted by Crippen LogP contribution is -2.16. The van der Waals surface area contributed by atoms with Crippen molar-refractivity contribution >= 4 is 21.7 Å².